The molecule has 3 aromatic rings. The second-order valence-electron chi connectivity index (χ2n) is 6.14. The Morgan fingerprint density at radius 3 is 2.80 bits per heavy atom. The highest BCUT2D eigenvalue weighted by molar-refractivity contribution is 6.06. The number of benzene rings is 1. The molecule has 1 aliphatic rings. The smallest absolute Gasteiger partial charge is 0.258 e. The van der Waals surface area contributed by atoms with Crippen molar-refractivity contribution in [2.45, 2.75) is 18.9 Å². The molecule has 1 N–H and O–H groups in total. The van der Waals surface area contributed by atoms with Gasteiger partial charge in [-0.15, -0.1) is 0 Å². The number of aromatic nitrogens is 3. The molecule has 0 bridgehead atoms. The molecular weight excluding hydrogens is 316 g/mol. The van der Waals surface area contributed by atoms with E-state index in [-0.39, 0.29) is 12.0 Å². The predicted molar refractivity (Wildman–Crippen MR) is 94.9 cm³/mol. The molecule has 1 atom stereocenters. The van der Waals surface area contributed by atoms with Crippen LogP contribution in [-0.2, 0) is 11.8 Å². The maximum Gasteiger partial charge on any atom is 0.258 e. The number of rotatable bonds is 4. The molecule has 2 aromatic heterocycles. The van der Waals surface area contributed by atoms with E-state index in [1.54, 1.807) is 4.68 Å². The number of hydrogen-bond acceptors (Lipinski definition) is 3. The van der Waals surface area contributed by atoms with E-state index >= 15 is 0 Å². The Hall–Kier alpha value is -2.86. The average Bonchev–Trinajstić information content (AvgIpc) is 3.37. The Balaban J connectivity index is 1.59. The molecule has 1 amide bonds. The summed E-state index contributed by atoms with van der Waals surface area (Å²) in [6.07, 6.45) is 5.90. The van der Waals surface area contributed by atoms with Crippen molar-refractivity contribution in [3.8, 4) is 5.69 Å². The number of hydrogen-bond donors (Lipinski definition) is 1. The molecule has 1 saturated heterocycles. The molecule has 0 radical (unpaired) electrons. The predicted octanol–water partition coefficient (Wildman–Crippen LogP) is 3.31. The van der Waals surface area contributed by atoms with Crippen LogP contribution in [0.2, 0.25) is 0 Å². The van der Waals surface area contributed by atoms with Crippen molar-refractivity contribution in [2.24, 2.45) is 7.05 Å². The molecule has 6 nitrogen and oxygen atoms in total. The van der Waals surface area contributed by atoms with E-state index in [2.05, 4.69) is 10.4 Å². The van der Waals surface area contributed by atoms with Gasteiger partial charge in [-0.2, -0.15) is 5.10 Å². The van der Waals surface area contributed by atoms with Crippen LogP contribution in [0.1, 0.15) is 35.0 Å². The Labute approximate surface area is 146 Å². The lowest BCUT2D eigenvalue weighted by Gasteiger charge is -2.11. The van der Waals surface area contributed by atoms with E-state index in [0.29, 0.717) is 11.4 Å². The lowest BCUT2D eigenvalue weighted by molar-refractivity contribution is 0.102. The Morgan fingerprint density at radius 1 is 1.24 bits per heavy atom. The normalized spacial score (nSPS) is 16.9. The van der Waals surface area contributed by atoms with Crippen molar-refractivity contribution >= 4 is 11.7 Å². The van der Waals surface area contributed by atoms with Crippen LogP contribution in [0.25, 0.3) is 5.69 Å². The maximum atomic E-state index is 12.8. The molecular formula is C19H20N4O2. The van der Waals surface area contributed by atoms with Crippen molar-refractivity contribution in [2.75, 3.05) is 11.9 Å². The number of carbonyl (C=O) groups is 1. The van der Waals surface area contributed by atoms with Gasteiger partial charge >= 0.3 is 0 Å². The van der Waals surface area contributed by atoms with E-state index in [4.69, 9.17) is 4.74 Å². The standard InChI is InChI=1S/C19H20N4O2/c1-22-18(13-15(21-22)17-9-6-12-25-17)20-19(24)14-7-2-3-8-16(14)23-10-4-5-11-23/h2-5,7-8,10-11,13,17H,6,9,12H2,1H3,(H,20,24). The fourth-order valence-corrected chi connectivity index (χ4v) is 3.14. The summed E-state index contributed by atoms with van der Waals surface area (Å²) in [6, 6.07) is 13.3. The monoisotopic (exact) mass is 336 g/mol. The van der Waals surface area contributed by atoms with Crippen LogP contribution >= 0.6 is 0 Å². The van der Waals surface area contributed by atoms with Crippen molar-refractivity contribution in [1.82, 2.24) is 14.3 Å². The van der Waals surface area contributed by atoms with E-state index in [1.165, 1.54) is 0 Å². The minimum atomic E-state index is -0.161. The van der Waals surface area contributed by atoms with Gasteiger partial charge in [-0.05, 0) is 37.1 Å². The first-order valence-electron chi connectivity index (χ1n) is 8.41. The molecule has 128 valence electrons. The number of amides is 1. The van der Waals surface area contributed by atoms with Gasteiger partial charge in [-0.3, -0.25) is 9.48 Å². The lowest BCUT2D eigenvalue weighted by atomic mass is 10.1. The van der Waals surface area contributed by atoms with Crippen molar-refractivity contribution in [1.29, 1.82) is 0 Å². The molecule has 1 fully saturated rings. The second-order valence-corrected chi connectivity index (χ2v) is 6.14. The fourth-order valence-electron chi connectivity index (χ4n) is 3.14. The van der Waals surface area contributed by atoms with E-state index in [9.17, 15) is 4.79 Å². The van der Waals surface area contributed by atoms with E-state index in [1.807, 2.05) is 66.5 Å². The minimum absolute atomic E-state index is 0.0315. The Kier molecular flexibility index (Phi) is 4.11. The van der Waals surface area contributed by atoms with Crippen LogP contribution in [0.15, 0.2) is 54.9 Å². The van der Waals surface area contributed by atoms with Gasteiger partial charge in [0.1, 0.15) is 11.9 Å². The summed E-state index contributed by atoms with van der Waals surface area (Å²) in [5.41, 5.74) is 2.32. The minimum Gasteiger partial charge on any atom is -0.372 e. The van der Waals surface area contributed by atoms with E-state index in [0.717, 1.165) is 30.8 Å². The maximum absolute atomic E-state index is 12.8. The first-order valence-corrected chi connectivity index (χ1v) is 8.41. The first kappa shape index (κ1) is 15.7. The van der Waals surface area contributed by atoms with Crippen LogP contribution in [0.4, 0.5) is 5.82 Å². The molecule has 0 saturated carbocycles. The molecule has 3 heterocycles. The Bertz CT molecular complexity index is 877. The highest BCUT2D eigenvalue weighted by atomic mass is 16.5. The van der Waals surface area contributed by atoms with Gasteiger partial charge in [0, 0.05) is 32.1 Å². The third-order valence-corrected chi connectivity index (χ3v) is 4.43. The number of anilines is 1. The highest BCUT2D eigenvalue weighted by Crippen LogP contribution is 2.29. The Morgan fingerprint density at radius 2 is 2.04 bits per heavy atom. The molecule has 0 spiro atoms. The van der Waals surface area contributed by atoms with Gasteiger partial charge in [-0.25, -0.2) is 0 Å². The second kappa shape index (κ2) is 6.57. The van der Waals surface area contributed by atoms with Crippen LogP contribution in [0.5, 0.6) is 0 Å². The number of aryl methyl sites for hydroxylation is 1. The summed E-state index contributed by atoms with van der Waals surface area (Å²) < 4.78 is 9.29. The summed E-state index contributed by atoms with van der Waals surface area (Å²) in [5, 5.41) is 7.45. The van der Waals surface area contributed by atoms with E-state index < -0.39 is 0 Å². The number of nitrogens with zero attached hydrogens (tertiary/aromatic N) is 3. The van der Waals surface area contributed by atoms with Gasteiger partial charge in [0.25, 0.3) is 5.91 Å². The third kappa shape index (κ3) is 3.08. The number of nitrogens with one attached hydrogen (secondary N) is 1. The number of para-hydroxylation sites is 1. The highest BCUT2D eigenvalue weighted by Gasteiger charge is 2.22. The summed E-state index contributed by atoms with van der Waals surface area (Å²) in [7, 11) is 1.83. The van der Waals surface area contributed by atoms with Crippen LogP contribution in [0, 0.1) is 0 Å². The van der Waals surface area contributed by atoms with Crippen molar-refractivity contribution < 1.29 is 9.53 Å². The molecule has 4 rings (SSSR count). The molecule has 1 aliphatic heterocycles. The SMILES string of the molecule is Cn1nc(C2CCCO2)cc1NC(=O)c1ccccc1-n1cccc1. The average molecular weight is 336 g/mol. The van der Waals surface area contributed by atoms with Gasteiger partial charge in [-0.1, -0.05) is 12.1 Å². The zero-order valence-electron chi connectivity index (χ0n) is 14.1. The molecule has 0 aliphatic carbocycles. The molecule has 25 heavy (non-hydrogen) atoms. The van der Waals surface area contributed by atoms with Gasteiger partial charge in [0.05, 0.1) is 16.9 Å². The molecule has 1 unspecified atom stereocenters. The summed E-state index contributed by atoms with van der Waals surface area (Å²) >= 11 is 0. The van der Waals surface area contributed by atoms with Gasteiger partial charge < -0.3 is 14.6 Å². The summed E-state index contributed by atoms with van der Waals surface area (Å²) in [5.74, 6) is 0.504. The van der Waals surface area contributed by atoms with Crippen molar-refractivity contribution in [3.63, 3.8) is 0 Å². The zero-order valence-corrected chi connectivity index (χ0v) is 14.1. The first-order chi connectivity index (χ1) is 12.2. The summed E-state index contributed by atoms with van der Waals surface area (Å²) in [4.78, 5) is 12.8. The fraction of sp³-hybridized carbons (Fsp3) is 0.263. The number of carbonyl (C=O) groups excluding carboxylic acids is 1. The largest absolute Gasteiger partial charge is 0.372 e. The number of ether oxygens (including phenoxy) is 1. The summed E-state index contributed by atoms with van der Waals surface area (Å²) in [6.45, 7) is 0.771. The molecule has 6 heteroatoms. The topological polar surface area (TPSA) is 61.1 Å². The quantitative estimate of drug-likeness (QED) is 0.795. The van der Waals surface area contributed by atoms with Crippen molar-refractivity contribution in [3.05, 3.63) is 66.1 Å². The molecule has 1 aromatic carbocycles. The van der Waals surface area contributed by atoms with Gasteiger partial charge in [0.15, 0.2) is 0 Å². The van der Waals surface area contributed by atoms with Crippen LogP contribution in [-0.4, -0.2) is 26.9 Å². The lowest BCUT2D eigenvalue weighted by Crippen LogP contribution is -2.16. The van der Waals surface area contributed by atoms with Crippen LogP contribution in [0.3, 0.4) is 0 Å². The zero-order chi connectivity index (χ0) is 17.2. The third-order valence-electron chi connectivity index (χ3n) is 4.43. The van der Waals surface area contributed by atoms with Crippen LogP contribution < -0.4 is 5.32 Å². The van der Waals surface area contributed by atoms with Gasteiger partial charge in [0.2, 0.25) is 0 Å².